The van der Waals surface area contributed by atoms with Crippen LogP contribution >= 0.6 is 0 Å². The second-order valence-corrected chi connectivity index (χ2v) is 8.34. The van der Waals surface area contributed by atoms with Crippen LogP contribution in [-0.2, 0) is 14.8 Å². The second kappa shape index (κ2) is 7.26. The molecule has 150 valence electrons. The fraction of sp³-hybridized carbons (Fsp3) is 0.222. The number of aromatic nitrogens is 3. The third kappa shape index (κ3) is 3.45. The fourth-order valence-corrected chi connectivity index (χ4v) is 4.46. The summed E-state index contributed by atoms with van der Waals surface area (Å²) in [5, 5.41) is 3.81. The van der Waals surface area contributed by atoms with Crippen LogP contribution in [0.3, 0.4) is 0 Å². The summed E-state index contributed by atoms with van der Waals surface area (Å²) < 4.78 is 36.5. The smallest absolute Gasteiger partial charge is 0.337 e. The van der Waals surface area contributed by atoms with Crippen molar-refractivity contribution in [1.82, 2.24) is 19.4 Å². The topological polar surface area (TPSA) is 135 Å². The molecule has 1 aliphatic heterocycles. The number of hydrogen-bond donors (Lipinski definition) is 1. The number of pyridine rings is 1. The minimum atomic E-state index is -3.71. The van der Waals surface area contributed by atoms with E-state index in [2.05, 4.69) is 19.9 Å². The monoisotopic (exact) mass is 416 g/mol. The Morgan fingerprint density at radius 3 is 2.62 bits per heavy atom. The first-order valence-electron chi connectivity index (χ1n) is 8.60. The molecule has 2 aromatic heterocycles. The highest BCUT2D eigenvalue weighted by Crippen LogP contribution is 2.32. The molecule has 1 aliphatic rings. The summed E-state index contributed by atoms with van der Waals surface area (Å²) in [7, 11) is -2.45. The van der Waals surface area contributed by atoms with E-state index in [1.807, 2.05) is 0 Å². The van der Waals surface area contributed by atoms with Gasteiger partial charge in [-0.1, -0.05) is 5.16 Å². The fourth-order valence-electron chi connectivity index (χ4n) is 2.93. The van der Waals surface area contributed by atoms with E-state index in [4.69, 9.17) is 4.52 Å². The molecule has 0 aliphatic carbocycles. The molecule has 1 aromatic carbocycles. The van der Waals surface area contributed by atoms with Gasteiger partial charge < -0.3 is 14.2 Å². The number of methoxy groups -OCH3 is 1. The average molecular weight is 416 g/mol. The maximum Gasteiger partial charge on any atom is 0.337 e. The summed E-state index contributed by atoms with van der Waals surface area (Å²) in [4.78, 5) is 30.1. The number of nitrogens with zero attached hydrogens (tertiary/aromatic N) is 3. The number of carbonyl (C=O) groups excluding carboxylic acids is 1. The van der Waals surface area contributed by atoms with E-state index >= 15 is 0 Å². The van der Waals surface area contributed by atoms with Gasteiger partial charge in [0.25, 0.3) is 5.56 Å². The Morgan fingerprint density at radius 2 is 1.97 bits per heavy atom. The van der Waals surface area contributed by atoms with Crippen LogP contribution < -0.4 is 5.56 Å². The van der Waals surface area contributed by atoms with Crippen molar-refractivity contribution in [2.24, 2.45) is 0 Å². The molecule has 1 N–H and O–H groups in total. The van der Waals surface area contributed by atoms with Crippen LogP contribution in [0, 0.1) is 0 Å². The van der Waals surface area contributed by atoms with Crippen molar-refractivity contribution in [1.29, 1.82) is 0 Å². The Hall–Kier alpha value is -3.31. The first kappa shape index (κ1) is 19.0. The Morgan fingerprint density at radius 1 is 1.24 bits per heavy atom. The Kier molecular flexibility index (Phi) is 4.76. The number of sulfonamides is 1. The van der Waals surface area contributed by atoms with E-state index in [9.17, 15) is 18.0 Å². The van der Waals surface area contributed by atoms with E-state index in [0.717, 1.165) is 0 Å². The van der Waals surface area contributed by atoms with Crippen LogP contribution in [0.1, 0.15) is 22.2 Å². The zero-order valence-electron chi connectivity index (χ0n) is 15.2. The van der Waals surface area contributed by atoms with Gasteiger partial charge >= 0.3 is 5.97 Å². The third-order valence-corrected chi connectivity index (χ3v) is 6.46. The Balaban J connectivity index is 1.46. The van der Waals surface area contributed by atoms with Crippen LogP contribution in [0.15, 0.2) is 56.8 Å². The maximum absolute atomic E-state index is 12.7. The molecule has 0 bridgehead atoms. The quantitative estimate of drug-likeness (QED) is 0.609. The molecule has 0 saturated carbocycles. The number of benzene rings is 1. The predicted molar refractivity (Wildman–Crippen MR) is 99.6 cm³/mol. The summed E-state index contributed by atoms with van der Waals surface area (Å²) in [5.41, 5.74) is 0.201. The summed E-state index contributed by atoms with van der Waals surface area (Å²) in [6.45, 7) is 0.349. The molecule has 0 spiro atoms. The lowest BCUT2D eigenvalue weighted by Gasteiger charge is -2.35. The number of H-pyrrole nitrogens is 1. The van der Waals surface area contributed by atoms with E-state index in [-0.39, 0.29) is 52.3 Å². The van der Waals surface area contributed by atoms with Crippen LogP contribution in [0.25, 0.3) is 11.4 Å². The molecule has 3 aromatic rings. The molecule has 29 heavy (non-hydrogen) atoms. The zero-order valence-corrected chi connectivity index (χ0v) is 16.0. The molecule has 0 radical (unpaired) electrons. The number of carbonyl (C=O) groups is 1. The lowest BCUT2D eigenvalue weighted by molar-refractivity contribution is 0.0600. The van der Waals surface area contributed by atoms with E-state index < -0.39 is 16.0 Å². The second-order valence-electron chi connectivity index (χ2n) is 6.40. The molecule has 3 heterocycles. The molecule has 1 saturated heterocycles. The van der Waals surface area contributed by atoms with E-state index in [1.54, 1.807) is 12.1 Å². The van der Waals surface area contributed by atoms with Gasteiger partial charge in [0, 0.05) is 19.3 Å². The predicted octanol–water partition coefficient (Wildman–Crippen LogP) is 1.000. The molecular formula is C18H16N4O6S. The van der Waals surface area contributed by atoms with Gasteiger partial charge in [-0.05, 0) is 36.4 Å². The zero-order chi connectivity index (χ0) is 20.6. The van der Waals surface area contributed by atoms with Crippen LogP contribution in [0.2, 0.25) is 0 Å². The number of rotatable bonds is 5. The molecule has 1 fully saturated rings. The van der Waals surface area contributed by atoms with E-state index in [1.165, 1.54) is 41.9 Å². The van der Waals surface area contributed by atoms with Crippen molar-refractivity contribution in [3.8, 4) is 11.4 Å². The van der Waals surface area contributed by atoms with Gasteiger partial charge in [-0.25, -0.2) is 13.2 Å². The summed E-state index contributed by atoms with van der Waals surface area (Å²) >= 11 is 0. The largest absolute Gasteiger partial charge is 0.465 e. The van der Waals surface area contributed by atoms with Crippen molar-refractivity contribution in [2.75, 3.05) is 20.2 Å². The highest BCUT2D eigenvalue weighted by molar-refractivity contribution is 7.89. The van der Waals surface area contributed by atoms with Gasteiger partial charge in [0.2, 0.25) is 21.7 Å². The first-order chi connectivity index (χ1) is 13.9. The molecule has 11 heteroatoms. The van der Waals surface area contributed by atoms with Crippen molar-refractivity contribution in [3.63, 3.8) is 0 Å². The lowest BCUT2D eigenvalue weighted by atomic mass is 10.0. The van der Waals surface area contributed by atoms with Gasteiger partial charge in [-0.3, -0.25) is 4.79 Å². The summed E-state index contributed by atoms with van der Waals surface area (Å²) in [6.07, 6.45) is 1.50. The highest BCUT2D eigenvalue weighted by atomic mass is 32.2. The van der Waals surface area contributed by atoms with Crippen LogP contribution in [-0.4, -0.2) is 54.0 Å². The van der Waals surface area contributed by atoms with Crippen molar-refractivity contribution >= 4 is 16.0 Å². The van der Waals surface area contributed by atoms with Crippen molar-refractivity contribution in [2.45, 2.75) is 10.8 Å². The Labute approximate surface area is 165 Å². The van der Waals surface area contributed by atoms with Crippen molar-refractivity contribution < 1.29 is 22.5 Å². The van der Waals surface area contributed by atoms with Crippen molar-refractivity contribution in [3.05, 3.63) is 64.4 Å². The number of nitrogens with one attached hydrogen (secondary N) is 1. The number of esters is 1. The van der Waals surface area contributed by atoms with Gasteiger partial charge in [0.05, 0.1) is 29.1 Å². The first-order valence-corrected chi connectivity index (χ1v) is 10.0. The molecular weight excluding hydrogens is 400 g/mol. The molecule has 0 unspecified atom stereocenters. The summed E-state index contributed by atoms with van der Waals surface area (Å²) in [6, 6.07) is 8.75. The molecule has 4 rings (SSSR count). The maximum atomic E-state index is 12.7. The lowest BCUT2D eigenvalue weighted by Crippen LogP contribution is -2.48. The molecule has 0 atom stereocenters. The van der Waals surface area contributed by atoms with E-state index in [0.29, 0.717) is 0 Å². The Bertz CT molecular complexity index is 1210. The normalized spacial score (nSPS) is 15.1. The van der Waals surface area contributed by atoms with Gasteiger partial charge in [0.1, 0.15) is 0 Å². The highest BCUT2D eigenvalue weighted by Gasteiger charge is 2.40. The van der Waals surface area contributed by atoms with Gasteiger partial charge in [-0.2, -0.15) is 9.29 Å². The average Bonchev–Trinajstić information content (AvgIpc) is 3.15. The number of aromatic amines is 1. The van der Waals surface area contributed by atoms with Crippen LogP contribution in [0.4, 0.5) is 0 Å². The summed E-state index contributed by atoms with van der Waals surface area (Å²) in [5.74, 6) is -0.372. The minimum Gasteiger partial charge on any atom is -0.465 e. The van der Waals surface area contributed by atoms with Gasteiger partial charge in [-0.15, -0.1) is 0 Å². The van der Waals surface area contributed by atoms with Crippen LogP contribution in [0.5, 0.6) is 0 Å². The van der Waals surface area contributed by atoms with Gasteiger partial charge in [0.15, 0.2) is 0 Å². The molecule has 0 amide bonds. The third-order valence-electron chi connectivity index (χ3n) is 4.61. The molecule has 10 nitrogen and oxygen atoms in total. The standard InChI is InChI=1S/C18H16N4O6S/c1-27-18(24)11-4-6-13(7-5-11)29(25,26)22-9-12(10-22)17-20-15(21-28-17)14-3-2-8-19-16(14)23/h2-8,12H,9-10H2,1H3,(H,19,23). The SMILES string of the molecule is COC(=O)c1ccc(S(=O)(=O)N2CC(c3nc(-c4ccc[nH]c4=O)no3)C2)cc1. The number of hydrogen-bond acceptors (Lipinski definition) is 8. The minimum absolute atomic E-state index is 0.0747. The number of ether oxygens (including phenoxy) is 1.